The van der Waals surface area contributed by atoms with Gasteiger partial charge in [-0.1, -0.05) is 44.9 Å². The first-order valence-electron chi connectivity index (χ1n) is 13.8. The van der Waals surface area contributed by atoms with E-state index in [2.05, 4.69) is 13.8 Å². The highest BCUT2D eigenvalue weighted by atomic mass is 16.5. The van der Waals surface area contributed by atoms with Gasteiger partial charge in [0.15, 0.2) is 11.5 Å². The number of Topliss-reactive ketones (excluding diaryl/α,β-unsaturated/α-hetero) is 1. The Kier molecular flexibility index (Phi) is 11.2. The summed E-state index contributed by atoms with van der Waals surface area (Å²) < 4.78 is 17.3. The number of unbranched alkanes of at least 4 members (excludes halogenated alkanes) is 2. The topological polar surface area (TPSA) is 88.5 Å². The zero-order valence-corrected chi connectivity index (χ0v) is 23.9. The summed E-state index contributed by atoms with van der Waals surface area (Å²) in [6.45, 7) is 6.41. The summed E-state index contributed by atoms with van der Waals surface area (Å²) in [6, 6.07) is 11.6. The van der Waals surface area contributed by atoms with Crippen molar-refractivity contribution < 1.29 is 28.9 Å². The number of rotatable bonds is 15. The first-order chi connectivity index (χ1) is 18.8. The third-order valence-electron chi connectivity index (χ3n) is 6.68. The van der Waals surface area contributed by atoms with Gasteiger partial charge in [-0.05, 0) is 69.7 Å². The number of benzene rings is 2. The van der Waals surface area contributed by atoms with E-state index in [9.17, 15) is 14.7 Å². The molecule has 3 rings (SSSR count). The molecule has 1 fully saturated rings. The average molecular weight is 539 g/mol. The van der Waals surface area contributed by atoms with Crippen molar-refractivity contribution in [1.29, 1.82) is 0 Å². The molecule has 1 aliphatic rings. The zero-order valence-electron chi connectivity index (χ0n) is 23.9. The molecule has 0 saturated carbocycles. The predicted octanol–water partition coefficient (Wildman–Crippen LogP) is 5.43. The summed E-state index contributed by atoms with van der Waals surface area (Å²) >= 11 is 0. The second-order valence-electron chi connectivity index (χ2n) is 9.99. The molecule has 1 heterocycles. The maximum absolute atomic E-state index is 13.4. The minimum absolute atomic E-state index is 0.0530. The first-order valence-corrected chi connectivity index (χ1v) is 13.8. The van der Waals surface area contributed by atoms with Gasteiger partial charge in [-0.15, -0.1) is 0 Å². The van der Waals surface area contributed by atoms with Crippen LogP contribution in [0.15, 0.2) is 48.0 Å². The number of methoxy groups -OCH3 is 1. The van der Waals surface area contributed by atoms with Crippen LogP contribution in [0.2, 0.25) is 0 Å². The van der Waals surface area contributed by atoms with Crippen molar-refractivity contribution in [3.05, 3.63) is 59.2 Å². The molecule has 2 aromatic rings. The van der Waals surface area contributed by atoms with Crippen LogP contribution in [0.1, 0.15) is 63.1 Å². The third-order valence-corrected chi connectivity index (χ3v) is 6.68. The van der Waals surface area contributed by atoms with Crippen LogP contribution < -0.4 is 14.2 Å². The molecule has 0 bridgehead atoms. The Morgan fingerprint density at radius 2 is 1.67 bits per heavy atom. The van der Waals surface area contributed by atoms with Crippen molar-refractivity contribution in [2.75, 3.05) is 47.5 Å². The summed E-state index contributed by atoms with van der Waals surface area (Å²) in [6.07, 6.45) is 4.51. The van der Waals surface area contributed by atoms with Gasteiger partial charge >= 0.3 is 0 Å². The van der Waals surface area contributed by atoms with Crippen molar-refractivity contribution >= 4 is 17.4 Å². The average Bonchev–Trinajstić information content (AvgIpc) is 3.18. The molecule has 2 aromatic carbocycles. The Labute approximate surface area is 232 Å². The number of carbonyl (C=O) groups is 2. The smallest absolute Gasteiger partial charge is 0.295 e. The summed E-state index contributed by atoms with van der Waals surface area (Å²) in [5, 5.41) is 11.5. The van der Waals surface area contributed by atoms with Gasteiger partial charge in [0.25, 0.3) is 11.7 Å². The number of nitrogens with zero attached hydrogens (tertiary/aromatic N) is 2. The lowest BCUT2D eigenvalue weighted by atomic mass is 9.95. The second-order valence-corrected chi connectivity index (χ2v) is 9.99. The van der Waals surface area contributed by atoms with Gasteiger partial charge in [-0.3, -0.25) is 9.59 Å². The molecule has 1 atom stereocenters. The maximum Gasteiger partial charge on any atom is 0.295 e. The van der Waals surface area contributed by atoms with E-state index in [4.69, 9.17) is 14.2 Å². The Bertz CT molecular complexity index is 1160. The number of hydrogen-bond donors (Lipinski definition) is 1. The molecule has 1 saturated heterocycles. The summed E-state index contributed by atoms with van der Waals surface area (Å²) in [5.74, 6) is 0.140. The SMILES string of the molecule is CCCCOc1cccc(/C(O)=C2\C(=O)C(=O)N(CCCN(C)C)C2c2ccc(OCCCC)c(OC)c2)c1. The Morgan fingerprint density at radius 1 is 0.949 bits per heavy atom. The van der Waals surface area contributed by atoms with Gasteiger partial charge in [-0.2, -0.15) is 0 Å². The van der Waals surface area contributed by atoms with Crippen LogP contribution in [-0.4, -0.2) is 74.1 Å². The van der Waals surface area contributed by atoms with Crippen molar-refractivity contribution in [1.82, 2.24) is 9.80 Å². The largest absolute Gasteiger partial charge is 0.507 e. The molecule has 0 aliphatic carbocycles. The molecule has 212 valence electrons. The van der Waals surface area contributed by atoms with Gasteiger partial charge < -0.3 is 29.1 Å². The van der Waals surface area contributed by atoms with E-state index in [0.717, 1.165) is 32.2 Å². The van der Waals surface area contributed by atoms with Crippen molar-refractivity contribution in [2.24, 2.45) is 0 Å². The number of ketones is 1. The summed E-state index contributed by atoms with van der Waals surface area (Å²) in [5.41, 5.74) is 1.14. The Hall–Kier alpha value is -3.52. The van der Waals surface area contributed by atoms with Gasteiger partial charge in [0, 0.05) is 12.1 Å². The molecule has 0 aromatic heterocycles. The Morgan fingerprint density at radius 3 is 2.33 bits per heavy atom. The fourth-order valence-electron chi connectivity index (χ4n) is 4.54. The molecule has 0 spiro atoms. The molecule has 1 amide bonds. The number of carbonyl (C=O) groups excluding carboxylic acids is 2. The van der Waals surface area contributed by atoms with E-state index in [1.807, 2.05) is 31.1 Å². The highest BCUT2D eigenvalue weighted by Gasteiger charge is 2.46. The highest BCUT2D eigenvalue weighted by Crippen LogP contribution is 2.42. The van der Waals surface area contributed by atoms with Crippen LogP contribution in [0.3, 0.4) is 0 Å². The fourth-order valence-corrected chi connectivity index (χ4v) is 4.54. The van der Waals surface area contributed by atoms with Gasteiger partial charge in [-0.25, -0.2) is 0 Å². The van der Waals surface area contributed by atoms with E-state index >= 15 is 0 Å². The number of aliphatic hydroxyl groups is 1. The zero-order chi connectivity index (χ0) is 28.4. The van der Waals surface area contributed by atoms with Crippen molar-refractivity contribution in [3.8, 4) is 17.2 Å². The summed E-state index contributed by atoms with van der Waals surface area (Å²) in [4.78, 5) is 30.3. The minimum Gasteiger partial charge on any atom is -0.507 e. The quantitative estimate of drug-likeness (QED) is 0.140. The van der Waals surface area contributed by atoms with Crippen molar-refractivity contribution in [3.63, 3.8) is 0 Å². The lowest BCUT2D eigenvalue weighted by Crippen LogP contribution is -2.32. The molecule has 1 unspecified atom stereocenters. The number of ether oxygens (including phenoxy) is 3. The molecule has 8 nitrogen and oxygen atoms in total. The monoisotopic (exact) mass is 538 g/mol. The Balaban J connectivity index is 2.06. The van der Waals surface area contributed by atoms with Crippen LogP contribution in [0.25, 0.3) is 5.76 Å². The van der Waals surface area contributed by atoms with Crippen molar-refractivity contribution in [2.45, 2.75) is 52.0 Å². The molecular formula is C31H42N2O6. The van der Waals surface area contributed by atoms with E-state index in [-0.39, 0.29) is 11.3 Å². The van der Waals surface area contributed by atoms with Gasteiger partial charge in [0.05, 0.1) is 31.9 Å². The van der Waals surface area contributed by atoms with Crippen LogP contribution in [0.5, 0.6) is 17.2 Å². The fraction of sp³-hybridized carbons (Fsp3) is 0.484. The summed E-state index contributed by atoms with van der Waals surface area (Å²) in [7, 11) is 5.48. The standard InChI is InChI=1S/C31H42N2O6/c1-6-8-18-38-24-13-10-12-23(20-24)29(34)27-28(33(31(36)30(27)35)17-11-16-32(3)4)22-14-15-25(26(21-22)37-5)39-19-9-7-2/h10,12-15,20-21,28,34H,6-9,11,16-19H2,1-5H3/b29-27+. The van der Waals surface area contributed by atoms with E-state index in [1.165, 1.54) is 0 Å². The second kappa shape index (κ2) is 14.6. The highest BCUT2D eigenvalue weighted by molar-refractivity contribution is 6.46. The molecule has 1 N–H and O–H groups in total. The number of hydrogen-bond acceptors (Lipinski definition) is 7. The first kappa shape index (κ1) is 30.0. The maximum atomic E-state index is 13.4. The minimum atomic E-state index is -0.768. The lowest BCUT2D eigenvalue weighted by Gasteiger charge is -2.26. The molecule has 8 heteroatoms. The van der Waals surface area contributed by atoms with Crippen LogP contribution in [0, 0.1) is 0 Å². The van der Waals surface area contributed by atoms with Crippen LogP contribution >= 0.6 is 0 Å². The lowest BCUT2D eigenvalue weighted by molar-refractivity contribution is -0.139. The van der Waals surface area contributed by atoms with Crippen LogP contribution in [-0.2, 0) is 9.59 Å². The number of aliphatic hydroxyl groups excluding tert-OH is 1. The molecule has 39 heavy (non-hydrogen) atoms. The normalized spacial score (nSPS) is 16.7. The van der Waals surface area contributed by atoms with E-state index in [1.54, 1.807) is 42.3 Å². The molecular weight excluding hydrogens is 496 g/mol. The molecule has 0 radical (unpaired) electrons. The van der Waals surface area contributed by atoms with Crippen LogP contribution in [0.4, 0.5) is 0 Å². The molecule has 1 aliphatic heterocycles. The number of amides is 1. The third kappa shape index (κ3) is 7.53. The van der Waals surface area contributed by atoms with Gasteiger partial charge in [0.2, 0.25) is 0 Å². The van der Waals surface area contributed by atoms with E-state index < -0.39 is 17.7 Å². The van der Waals surface area contributed by atoms with E-state index in [0.29, 0.717) is 54.6 Å². The number of likely N-dealkylation sites (tertiary alicyclic amines) is 1. The van der Waals surface area contributed by atoms with Gasteiger partial charge in [0.1, 0.15) is 11.5 Å². The predicted molar refractivity (Wildman–Crippen MR) is 152 cm³/mol.